The van der Waals surface area contributed by atoms with E-state index in [1.807, 2.05) is 34.9 Å². The van der Waals surface area contributed by atoms with Gasteiger partial charge >= 0.3 is 12.2 Å². The van der Waals surface area contributed by atoms with Gasteiger partial charge in [0.05, 0.1) is 11.9 Å². The normalized spacial score (nSPS) is 11.5. The minimum absolute atomic E-state index is 0.387. The van der Waals surface area contributed by atoms with Gasteiger partial charge in [-0.2, -0.15) is 13.2 Å². The fourth-order valence-corrected chi connectivity index (χ4v) is 2.26. The number of hydrogen-bond donors (Lipinski definition) is 2. The number of urea groups is 1. The van der Waals surface area contributed by atoms with E-state index in [-0.39, 0.29) is 0 Å². The van der Waals surface area contributed by atoms with Gasteiger partial charge in [0, 0.05) is 17.4 Å². The second-order valence-corrected chi connectivity index (χ2v) is 5.08. The zero-order chi connectivity index (χ0) is 17.2. The summed E-state index contributed by atoms with van der Waals surface area (Å²) < 4.78 is 38.2. The Bertz CT molecular complexity index is 873. The van der Waals surface area contributed by atoms with E-state index in [1.165, 1.54) is 0 Å². The first kappa shape index (κ1) is 15.9. The Labute approximate surface area is 135 Å². The molecule has 2 heterocycles. The maximum absolute atomic E-state index is 12.1. The highest BCUT2D eigenvalue weighted by molar-refractivity contribution is 5.90. The second-order valence-electron chi connectivity index (χ2n) is 5.08. The molecule has 5 nitrogen and oxygen atoms in total. The zero-order valence-electron chi connectivity index (χ0n) is 12.3. The molecule has 0 aliphatic carbocycles. The fourth-order valence-electron chi connectivity index (χ4n) is 2.26. The lowest BCUT2D eigenvalue weighted by Crippen LogP contribution is -2.36. The molecule has 0 spiro atoms. The van der Waals surface area contributed by atoms with Gasteiger partial charge in [0.15, 0.2) is 0 Å². The van der Waals surface area contributed by atoms with Crippen molar-refractivity contribution < 1.29 is 18.0 Å². The minimum Gasteiger partial charge on any atom is -0.329 e. The van der Waals surface area contributed by atoms with Crippen LogP contribution in [-0.2, 0) is 0 Å². The van der Waals surface area contributed by atoms with Crippen molar-refractivity contribution in [1.82, 2.24) is 14.7 Å². The van der Waals surface area contributed by atoms with E-state index in [9.17, 15) is 18.0 Å². The first-order valence-corrected chi connectivity index (χ1v) is 7.06. The number of rotatable bonds is 3. The topological polar surface area (TPSA) is 58.4 Å². The van der Waals surface area contributed by atoms with E-state index >= 15 is 0 Å². The van der Waals surface area contributed by atoms with E-state index < -0.39 is 18.8 Å². The molecule has 124 valence electrons. The molecule has 0 saturated heterocycles. The fraction of sp³-hybridized carbons (Fsp3) is 0.125. The lowest BCUT2D eigenvalue weighted by atomic mass is 10.1. The van der Waals surface area contributed by atoms with Crippen LogP contribution >= 0.6 is 0 Å². The lowest BCUT2D eigenvalue weighted by molar-refractivity contribution is -0.122. The number of nitrogens with zero attached hydrogens (tertiary/aromatic N) is 2. The number of amides is 2. The maximum Gasteiger partial charge on any atom is 0.405 e. The summed E-state index contributed by atoms with van der Waals surface area (Å²) in [6.45, 7) is -1.38. The molecule has 0 atom stereocenters. The van der Waals surface area contributed by atoms with E-state index in [0.29, 0.717) is 5.69 Å². The van der Waals surface area contributed by atoms with Crippen LogP contribution in [0, 0.1) is 0 Å². The molecule has 1 aromatic carbocycles. The molecule has 24 heavy (non-hydrogen) atoms. The van der Waals surface area contributed by atoms with Gasteiger partial charge in [-0.25, -0.2) is 9.78 Å². The van der Waals surface area contributed by atoms with E-state index in [1.54, 1.807) is 29.7 Å². The summed E-state index contributed by atoms with van der Waals surface area (Å²) in [7, 11) is 0. The van der Waals surface area contributed by atoms with Crippen LogP contribution in [0.5, 0.6) is 0 Å². The molecule has 8 heteroatoms. The molecular formula is C16H13F3N4O. The molecule has 3 aromatic rings. The summed E-state index contributed by atoms with van der Waals surface area (Å²) in [6.07, 6.45) is -0.901. The first-order chi connectivity index (χ1) is 11.4. The Morgan fingerprint density at radius 2 is 2.00 bits per heavy atom. The number of nitrogens with one attached hydrogen (secondary N) is 2. The van der Waals surface area contributed by atoms with Crippen molar-refractivity contribution in [2.45, 2.75) is 6.18 Å². The molecule has 0 saturated carbocycles. The van der Waals surface area contributed by atoms with Crippen molar-refractivity contribution >= 4 is 17.4 Å². The highest BCUT2D eigenvalue weighted by atomic mass is 19.4. The molecule has 2 aromatic heterocycles. The molecule has 0 unspecified atom stereocenters. The number of imidazole rings is 1. The van der Waals surface area contributed by atoms with Crippen LogP contribution in [0.3, 0.4) is 0 Å². The van der Waals surface area contributed by atoms with Crippen LogP contribution in [-0.4, -0.2) is 28.1 Å². The van der Waals surface area contributed by atoms with Gasteiger partial charge in [0.25, 0.3) is 0 Å². The van der Waals surface area contributed by atoms with Gasteiger partial charge in [-0.05, 0) is 24.3 Å². The Morgan fingerprint density at radius 3 is 2.79 bits per heavy atom. The van der Waals surface area contributed by atoms with Gasteiger partial charge < -0.3 is 10.6 Å². The largest absolute Gasteiger partial charge is 0.405 e. The third kappa shape index (κ3) is 3.65. The Hall–Kier alpha value is -3.03. The number of hydrogen-bond acceptors (Lipinski definition) is 2. The molecule has 2 N–H and O–H groups in total. The molecule has 3 rings (SSSR count). The smallest absolute Gasteiger partial charge is 0.329 e. The molecular weight excluding hydrogens is 321 g/mol. The third-order valence-corrected chi connectivity index (χ3v) is 3.28. The van der Waals surface area contributed by atoms with Gasteiger partial charge in [0.1, 0.15) is 12.2 Å². The number of fused-ring (bicyclic) bond motifs is 1. The highest BCUT2D eigenvalue weighted by Gasteiger charge is 2.27. The maximum atomic E-state index is 12.1. The lowest BCUT2D eigenvalue weighted by Gasteiger charge is -2.10. The molecule has 0 radical (unpaired) electrons. The SMILES string of the molecule is O=C(NCC(F)(F)F)Nc1cccc(-c2cnc3ccccn23)c1. The first-order valence-electron chi connectivity index (χ1n) is 7.06. The number of carbonyl (C=O) groups is 1. The number of alkyl halides is 3. The van der Waals surface area contributed by atoms with Gasteiger partial charge in [-0.1, -0.05) is 18.2 Å². The zero-order valence-corrected chi connectivity index (χ0v) is 12.3. The quantitative estimate of drug-likeness (QED) is 0.767. The number of anilines is 1. The summed E-state index contributed by atoms with van der Waals surface area (Å²) in [4.78, 5) is 15.8. The van der Waals surface area contributed by atoms with Crippen molar-refractivity contribution in [2.24, 2.45) is 0 Å². The van der Waals surface area contributed by atoms with Crippen LogP contribution in [0.4, 0.5) is 23.7 Å². The highest BCUT2D eigenvalue weighted by Crippen LogP contribution is 2.23. The number of pyridine rings is 1. The average molecular weight is 334 g/mol. The molecule has 0 aliphatic heterocycles. The van der Waals surface area contributed by atoms with Crippen LogP contribution in [0.1, 0.15) is 0 Å². The molecule has 0 aliphatic rings. The Morgan fingerprint density at radius 1 is 1.17 bits per heavy atom. The predicted molar refractivity (Wildman–Crippen MR) is 83.7 cm³/mol. The van der Waals surface area contributed by atoms with Crippen molar-refractivity contribution in [3.8, 4) is 11.3 Å². The minimum atomic E-state index is -4.45. The summed E-state index contributed by atoms with van der Waals surface area (Å²) >= 11 is 0. The molecule has 0 fully saturated rings. The summed E-state index contributed by atoms with van der Waals surface area (Å²) in [5.74, 6) is 0. The predicted octanol–water partition coefficient (Wildman–Crippen LogP) is 3.69. The second kappa shape index (κ2) is 6.23. The monoisotopic (exact) mass is 334 g/mol. The van der Waals surface area contributed by atoms with Gasteiger partial charge in [0.2, 0.25) is 0 Å². The van der Waals surface area contributed by atoms with E-state index in [0.717, 1.165) is 16.9 Å². The average Bonchev–Trinajstić information content (AvgIpc) is 2.97. The summed E-state index contributed by atoms with van der Waals surface area (Å²) in [5, 5.41) is 4.15. The van der Waals surface area contributed by atoms with Crippen LogP contribution in [0.2, 0.25) is 0 Å². The molecule has 2 amide bonds. The standard InChI is InChI=1S/C16H13F3N4O/c17-16(18,19)10-21-15(24)22-12-5-3-4-11(8-12)13-9-20-14-6-1-2-7-23(13)14/h1-9H,10H2,(H2,21,22,24). The third-order valence-electron chi connectivity index (χ3n) is 3.28. The van der Waals surface area contributed by atoms with Gasteiger partial charge in [-0.15, -0.1) is 0 Å². The summed E-state index contributed by atoms with van der Waals surface area (Å²) in [5.41, 5.74) is 2.75. The number of halogens is 3. The van der Waals surface area contributed by atoms with Crippen LogP contribution in [0.25, 0.3) is 16.9 Å². The van der Waals surface area contributed by atoms with E-state index in [2.05, 4.69) is 10.3 Å². The molecule has 0 bridgehead atoms. The number of carbonyl (C=O) groups excluding carboxylic acids is 1. The Balaban J connectivity index is 1.78. The van der Waals surface area contributed by atoms with E-state index in [4.69, 9.17) is 0 Å². The summed E-state index contributed by atoms with van der Waals surface area (Å²) in [6, 6.07) is 11.5. The van der Waals surface area contributed by atoms with Crippen LogP contribution < -0.4 is 10.6 Å². The number of benzene rings is 1. The number of aromatic nitrogens is 2. The van der Waals surface area contributed by atoms with Crippen molar-refractivity contribution in [3.05, 3.63) is 54.9 Å². The van der Waals surface area contributed by atoms with Crippen LogP contribution in [0.15, 0.2) is 54.9 Å². The Kier molecular flexibility index (Phi) is 4.11. The van der Waals surface area contributed by atoms with Crippen molar-refractivity contribution in [2.75, 3.05) is 11.9 Å². The van der Waals surface area contributed by atoms with Crippen molar-refractivity contribution in [1.29, 1.82) is 0 Å². The van der Waals surface area contributed by atoms with Crippen molar-refractivity contribution in [3.63, 3.8) is 0 Å². The van der Waals surface area contributed by atoms with Gasteiger partial charge in [-0.3, -0.25) is 4.40 Å².